The van der Waals surface area contributed by atoms with Crippen molar-refractivity contribution in [2.24, 2.45) is 0 Å². The Balaban J connectivity index is 2.49. The lowest BCUT2D eigenvalue weighted by atomic mass is 10.3. The van der Waals surface area contributed by atoms with Crippen LogP contribution in [0, 0.1) is 0 Å². The summed E-state index contributed by atoms with van der Waals surface area (Å²) in [5.41, 5.74) is 0. The molecule has 0 spiro atoms. The zero-order valence-electron chi connectivity index (χ0n) is 8.95. The molecule has 0 amide bonds. The number of aliphatic hydroxyl groups is 3. The standard InChI is InChI=1S/C9H18O7/c10-5-7(12)9-15-4-2-13-1-3-14-8(6-11)16-9/h7-12H,1-6H2. The Kier molecular flexibility index (Phi) is 6.81. The van der Waals surface area contributed by atoms with Crippen LogP contribution in [0.4, 0.5) is 0 Å². The van der Waals surface area contributed by atoms with E-state index in [4.69, 9.17) is 29.2 Å². The van der Waals surface area contributed by atoms with Crippen LogP contribution in [0.3, 0.4) is 0 Å². The molecule has 1 saturated heterocycles. The van der Waals surface area contributed by atoms with Gasteiger partial charge in [-0.3, -0.25) is 0 Å². The summed E-state index contributed by atoms with van der Waals surface area (Å²) in [6.07, 6.45) is -3.12. The summed E-state index contributed by atoms with van der Waals surface area (Å²) >= 11 is 0. The number of hydrogen-bond donors (Lipinski definition) is 3. The van der Waals surface area contributed by atoms with E-state index < -0.39 is 25.3 Å². The fourth-order valence-corrected chi connectivity index (χ4v) is 1.18. The van der Waals surface area contributed by atoms with Crippen molar-refractivity contribution in [3.63, 3.8) is 0 Å². The molecule has 3 N–H and O–H groups in total. The Hall–Kier alpha value is -0.280. The van der Waals surface area contributed by atoms with Gasteiger partial charge in [0.25, 0.3) is 0 Å². The van der Waals surface area contributed by atoms with Crippen molar-refractivity contribution < 1.29 is 34.3 Å². The third-order valence-electron chi connectivity index (χ3n) is 1.98. The maximum Gasteiger partial charge on any atom is 0.188 e. The lowest BCUT2D eigenvalue weighted by Crippen LogP contribution is -2.41. The summed E-state index contributed by atoms with van der Waals surface area (Å²) in [7, 11) is 0. The van der Waals surface area contributed by atoms with Crippen molar-refractivity contribution in [1.29, 1.82) is 0 Å². The number of hydrogen-bond acceptors (Lipinski definition) is 7. The highest BCUT2D eigenvalue weighted by Crippen LogP contribution is 2.08. The molecule has 0 aliphatic carbocycles. The molecule has 1 aliphatic heterocycles. The Bertz CT molecular complexity index is 177. The average Bonchev–Trinajstić information content (AvgIpc) is 2.34. The van der Waals surface area contributed by atoms with Crippen LogP contribution in [-0.2, 0) is 18.9 Å². The molecule has 7 nitrogen and oxygen atoms in total. The molecule has 0 aromatic carbocycles. The molecule has 3 atom stereocenters. The van der Waals surface area contributed by atoms with E-state index in [0.717, 1.165) is 0 Å². The first-order chi connectivity index (χ1) is 7.77. The van der Waals surface area contributed by atoms with E-state index in [0.29, 0.717) is 13.2 Å². The third-order valence-corrected chi connectivity index (χ3v) is 1.98. The van der Waals surface area contributed by atoms with E-state index in [1.165, 1.54) is 0 Å². The first-order valence-corrected chi connectivity index (χ1v) is 5.14. The first kappa shape index (κ1) is 13.8. The van der Waals surface area contributed by atoms with Gasteiger partial charge in [-0.15, -0.1) is 0 Å². The smallest absolute Gasteiger partial charge is 0.188 e. The molecule has 1 fully saturated rings. The SMILES string of the molecule is OCC1OCCOCCOC(C(O)CO)O1. The van der Waals surface area contributed by atoms with E-state index in [-0.39, 0.29) is 19.8 Å². The lowest BCUT2D eigenvalue weighted by molar-refractivity contribution is -0.292. The van der Waals surface area contributed by atoms with Crippen LogP contribution in [0.5, 0.6) is 0 Å². The summed E-state index contributed by atoms with van der Waals surface area (Å²) < 4.78 is 20.6. The van der Waals surface area contributed by atoms with Gasteiger partial charge in [0, 0.05) is 0 Å². The van der Waals surface area contributed by atoms with Crippen molar-refractivity contribution in [3.05, 3.63) is 0 Å². The van der Waals surface area contributed by atoms with Crippen LogP contribution in [0.25, 0.3) is 0 Å². The summed E-state index contributed by atoms with van der Waals surface area (Å²) in [5, 5.41) is 27.1. The summed E-state index contributed by atoms with van der Waals surface area (Å²) in [6, 6.07) is 0. The minimum absolute atomic E-state index is 0.236. The highest BCUT2D eigenvalue weighted by atomic mass is 16.8. The van der Waals surface area contributed by atoms with Crippen LogP contribution in [-0.4, -0.2) is 73.6 Å². The second-order valence-corrected chi connectivity index (χ2v) is 3.22. The second kappa shape index (κ2) is 7.91. The zero-order valence-corrected chi connectivity index (χ0v) is 8.95. The van der Waals surface area contributed by atoms with Crippen molar-refractivity contribution in [2.45, 2.75) is 18.7 Å². The van der Waals surface area contributed by atoms with Crippen LogP contribution in [0.15, 0.2) is 0 Å². The predicted molar refractivity (Wildman–Crippen MR) is 51.6 cm³/mol. The fraction of sp³-hybridized carbons (Fsp3) is 1.00. The van der Waals surface area contributed by atoms with E-state index in [1.54, 1.807) is 0 Å². The molecule has 0 saturated carbocycles. The molecular formula is C9H18O7. The highest BCUT2D eigenvalue weighted by Gasteiger charge is 2.24. The quantitative estimate of drug-likeness (QED) is 0.526. The van der Waals surface area contributed by atoms with E-state index in [9.17, 15) is 5.11 Å². The van der Waals surface area contributed by atoms with Gasteiger partial charge in [-0.05, 0) is 0 Å². The van der Waals surface area contributed by atoms with E-state index >= 15 is 0 Å². The van der Waals surface area contributed by atoms with Gasteiger partial charge < -0.3 is 34.3 Å². The van der Waals surface area contributed by atoms with Crippen molar-refractivity contribution >= 4 is 0 Å². The number of aliphatic hydroxyl groups excluding tert-OH is 3. The topological polar surface area (TPSA) is 97.6 Å². The predicted octanol–water partition coefficient (Wildman–Crippen LogP) is -1.94. The van der Waals surface area contributed by atoms with Crippen molar-refractivity contribution in [2.75, 3.05) is 39.6 Å². The van der Waals surface area contributed by atoms with Crippen molar-refractivity contribution in [1.82, 2.24) is 0 Å². The van der Waals surface area contributed by atoms with E-state index in [1.807, 2.05) is 0 Å². The maximum absolute atomic E-state index is 9.40. The van der Waals surface area contributed by atoms with Gasteiger partial charge in [-0.1, -0.05) is 0 Å². The molecule has 0 radical (unpaired) electrons. The molecular weight excluding hydrogens is 220 g/mol. The molecule has 1 aliphatic rings. The van der Waals surface area contributed by atoms with Gasteiger partial charge in [-0.2, -0.15) is 0 Å². The average molecular weight is 238 g/mol. The van der Waals surface area contributed by atoms with Crippen molar-refractivity contribution in [3.8, 4) is 0 Å². The van der Waals surface area contributed by atoms with Crippen LogP contribution >= 0.6 is 0 Å². The Morgan fingerprint density at radius 1 is 1.06 bits per heavy atom. The van der Waals surface area contributed by atoms with Gasteiger partial charge in [-0.25, -0.2) is 0 Å². The molecule has 0 bridgehead atoms. The third kappa shape index (κ3) is 4.71. The van der Waals surface area contributed by atoms with Crippen LogP contribution < -0.4 is 0 Å². The Morgan fingerprint density at radius 2 is 1.75 bits per heavy atom. The van der Waals surface area contributed by atoms with Gasteiger partial charge in [0.15, 0.2) is 12.6 Å². The number of ether oxygens (including phenoxy) is 4. The minimum atomic E-state index is -1.18. The summed E-state index contributed by atoms with van der Waals surface area (Å²) in [5.74, 6) is 0. The molecule has 0 aromatic heterocycles. The molecule has 1 rings (SSSR count). The minimum Gasteiger partial charge on any atom is -0.393 e. The summed E-state index contributed by atoms with van der Waals surface area (Å²) in [4.78, 5) is 0. The zero-order chi connectivity index (χ0) is 11.8. The molecule has 96 valence electrons. The van der Waals surface area contributed by atoms with Gasteiger partial charge in [0.1, 0.15) is 6.10 Å². The number of rotatable bonds is 3. The van der Waals surface area contributed by atoms with E-state index in [2.05, 4.69) is 0 Å². The Labute approximate surface area is 93.5 Å². The van der Waals surface area contributed by atoms with Gasteiger partial charge in [0.2, 0.25) is 0 Å². The molecule has 16 heavy (non-hydrogen) atoms. The molecule has 0 aromatic rings. The van der Waals surface area contributed by atoms with Crippen LogP contribution in [0.2, 0.25) is 0 Å². The molecule has 1 heterocycles. The monoisotopic (exact) mass is 238 g/mol. The Morgan fingerprint density at radius 3 is 2.38 bits per heavy atom. The fourth-order valence-electron chi connectivity index (χ4n) is 1.18. The van der Waals surface area contributed by atoms with Crippen LogP contribution in [0.1, 0.15) is 0 Å². The first-order valence-electron chi connectivity index (χ1n) is 5.14. The normalized spacial score (nSPS) is 30.9. The van der Waals surface area contributed by atoms with Gasteiger partial charge in [0.05, 0.1) is 39.6 Å². The largest absolute Gasteiger partial charge is 0.393 e. The highest BCUT2D eigenvalue weighted by molar-refractivity contribution is 4.60. The second-order valence-electron chi connectivity index (χ2n) is 3.22. The lowest BCUT2D eigenvalue weighted by Gasteiger charge is -2.27. The molecule has 3 unspecified atom stereocenters. The van der Waals surface area contributed by atoms with Gasteiger partial charge >= 0.3 is 0 Å². The maximum atomic E-state index is 9.40. The molecule has 7 heteroatoms. The summed E-state index contributed by atoms with van der Waals surface area (Å²) in [6.45, 7) is 0.399.